The number of piperazine rings is 2. The summed E-state index contributed by atoms with van der Waals surface area (Å²) < 4.78 is 44.7. The number of amides is 5. The van der Waals surface area contributed by atoms with E-state index in [0.717, 1.165) is 62.9 Å². The van der Waals surface area contributed by atoms with Crippen molar-refractivity contribution in [3.05, 3.63) is 59.4 Å². The second-order valence-electron chi connectivity index (χ2n) is 17.2. The summed E-state index contributed by atoms with van der Waals surface area (Å²) in [4.78, 5) is 63.1. The first-order valence-corrected chi connectivity index (χ1v) is 20.8. The van der Waals surface area contributed by atoms with Gasteiger partial charge in [0, 0.05) is 94.2 Å². The quantitative estimate of drug-likeness (QED) is 0.311. The molecule has 1 aromatic heterocycles. The van der Waals surface area contributed by atoms with Gasteiger partial charge >= 0.3 is 6.03 Å². The van der Waals surface area contributed by atoms with Gasteiger partial charge in [-0.25, -0.2) is 18.0 Å². The number of halogens is 3. The Morgan fingerprint density at radius 2 is 1.73 bits per heavy atom. The minimum absolute atomic E-state index is 0.0949. The molecule has 0 bridgehead atoms. The Morgan fingerprint density at radius 3 is 2.47 bits per heavy atom. The van der Waals surface area contributed by atoms with Gasteiger partial charge in [-0.2, -0.15) is 0 Å². The van der Waals surface area contributed by atoms with Crippen molar-refractivity contribution < 1.29 is 37.5 Å². The van der Waals surface area contributed by atoms with Crippen LogP contribution in [0.2, 0.25) is 0 Å². The minimum atomic E-state index is -2.82. The van der Waals surface area contributed by atoms with Gasteiger partial charge in [-0.3, -0.25) is 24.6 Å². The molecule has 15 nitrogen and oxygen atoms in total. The Balaban J connectivity index is 0.803. The first-order chi connectivity index (χ1) is 28.8. The van der Waals surface area contributed by atoms with Gasteiger partial charge in [-0.1, -0.05) is 12.1 Å². The third-order valence-corrected chi connectivity index (χ3v) is 13.4. The molecule has 0 aliphatic carbocycles. The number of hydrogen-bond acceptors (Lipinski definition) is 11. The SMILES string of the molecule is C[C@@H]1CC(CN2CCN(c3ccc4c(c3)C(=O)N([C@H]3CCC(=O)NC3=O)C4)CC2)C[C@H](C)N1C(=O)N1CCN2c3cc(-c4cccc(F)c4O)nnc3NC[C@@]2(C(F)F)C1. The topological polar surface area (TPSA) is 158 Å². The molecule has 6 aliphatic rings. The first-order valence-electron chi connectivity index (χ1n) is 20.8. The van der Waals surface area contributed by atoms with Crippen molar-refractivity contribution >= 4 is 40.9 Å². The molecule has 318 valence electrons. The number of nitrogens with one attached hydrogen (secondary N) is 2. The molecule has 0 saturated carbocycles. The number of hydrogen-bond donors (Lipinski definition) is 3. The van der Waals surface area contributed by atoms with Gasteiger partial charge in [-0.15, -0.1) is 10.2 Å². The molecule has 2 aromatic carbocycles. The molecule has 4 saturated heterocycles. The van der Waals surface area contributed by atoms with Crippen LogP contribution in [0.5, 0.6) is 5.75 Å². The summed E-state index contributed by atoms with van der Waals surface area (Å²) in [5.74, 6) is -1.70. The Bertz CT molecular complexity index is 2210. The number of carbonyl (C=O) groups is 4. The number of nitrogens with zero attached hydrogens (tertiary/aromatic N) is 8. The normalized spacial score (nSPS) is 27.1. The smallest absolute Gasteiger partial charge is 0.320 e. The Labute approximate surface area is 345 Å². The van der Waals surface area contributed by atoms with Gasteiger partial charge in [0.2, 0.25) is 11.8 Å². The lowest BCUT2D eigenvalue weighted by molar-refractivity contribution is -0.136. The van der Waals surface area contributed by atoms with E-state index >= 15 is 8.78 Å². The summed E-state index contributed by atoms with van der Waals surface area (Å²) >= 11 is 0. The third kappa shape index (κ3) is 6.91. The molecule has 5 amide bonds. The number of fused-ring (bicyclic) bond motifs is 4. The number of likely N-dealkylation sites (tertiary alicyclic amines) is 1. The van der Waals surface area contributed by atoms with Gasteiger partial charge in [-0.05, 0) is 74.9 Å². The van der Waals surface area contributed by atoms with E-state index in [1.165, 1.54) is 18.2 Å². The lowest BCUT2D eigenvalue weighted by atomic mass is 9.86. The monoisotopic (exact) mass is 830 g/mol. The zero-order chi connectivity index (χ0) is 42.0. The number of anilines is 3. The average molecular weight is 831 g/mol. The summed E-state index contributed by atoms with van der Waals surface area (Å²) in [6.07, 6.45) is -0.708. The third-order valence-electron chi connectivity index (χ3n) is 13.4. The maximum atomic E-state index is 15.3. The number of phenols is 1. The van der Waals surface area contributed by atoms with Crippen LogP contribution in [0.3, 0.4) is 0 Å². The number of phenolic OH excluding ortho intramolecular Hbond substituents is 1. The highest BCUT2D eigenvalue weighted by molar-refractivity contribution is 6.05. The molecule has 3 N–H and O–H groups in total. The van der Waals surface area contributed by atoms with Crippen LogP contribution >= 0.6 is 0 Å². The van der Waals surface area contributed by atoms with E-state index in [0.29, 0.717) is 36.0 Å². The highest BCUT2D eigenvalue weighted by atomic mass is 19.3. The standard InChI is InChI=1S/C42H49F3N10O5/c1-24-16-26(20-50-10-12-51(13-11-50)28-7-6-27-21-53(39(59)30(27)18-28)33-8-9-35(56)47-38(33)58)17-25(2)55(24)41(60)52-14-15-54-34-19-32(29-4-3-5-31(43)36(29)57)48-49-37(34)46-22-42(54,23-52)40(44)45/h3-7,18-19,24-26,33,40,57H,8-17,20-23H2,1-2H3,(H,46,49)(H,47,56,58)/t24-,25+,26?,33-,42-/m0/s1. The number of rotatable bonds is 6. The molecule has 60 heavy (non-hydrogen) atoms. The lowest BCUT2D eigenvalue weighted by Gasteiger charge is -2.55. The molecule has 4 fully saturated rings. The Hall–Kier alpha value is -5.65. The van der Waals surface area contributed by atoms with Crippen LogP contribution in [-0.4, -0.2) is 148 Å². The number of piperidine rings is 2. The zero-order valence-electron chi connectivity index (χ0n) is 33.6. The van der Waals surface area contributed by atoms with E-state index in [4.69, 9.17) is 0 Å². The van der Waals surface area contributed by atoms with E-state index in [1.807, 2.05) is 36.9 Å². The summed E-state index contributed by atoms with van der Waals surface area (Å²) in [6.45, 7) is 8.51. The number of alkyl halides is 2. The summed E-state index contributed by atoms with van der Waals surface area (Å²) in [5.41, 5.74) is 1.28. The van der Waals surface area contributed by atoms with E-state index in [2.05, 4.69) is 30.6 Å². The van der Waals surface area contributed by atoms with Crippen molar-refractivity contribution in [2.45, 2.75) is 76.2 Å². The van der Waals surface area contributed by atoms with Gasteiger partial charge in [0.05, 0.1) is 17.9 Å². The molecule has 9 rings (SSSR count). The number of benzene rings is 2. The largest absolute Gasteiger partial charge is 0.504 e. The number of carbonyl (C=O) groups excluding carboxylic acids is 4. The number of para-hydroxylation sites is 1. The second-order valence-corrected chi connectivity index (χ2v) is 17.2. The van der Waals surface area contributed by atoms with Crippen molar-refractivity contribution in [3.8, 4) is 17.0 Å². The number of imide groups is 1. The molecule has 3 aromatic rings. The van der Waals surface area contributed by atoms with E-state index in [-0.39, 0.29) is 73.8 Å². The fourth-order valence-corrected chi connectivity index (χ4v) is 10.4. The maximum Gasteiger partial charge on any atom is 0.320 e. The van der Waals surface area contributed by atoms with Gasteiger partial charge < -0.3 is 34.9 Å². The van der Waals surface area contributed by atoms with Crippen molar-refractivity contribution in [2.75, 3.05) is 74.0 Å². The molecule has 5 atom stereocenters. The van der Waals surface area contributed by atoms with Crippen molar-refractivity contribution in [2.24, 2.45) is 5.92 Å². The van der Waals surface area contributed by atoms with Crippen molar-refractivity contribution in [3.63, 3.8) is 0 Å². The average Bonchev–Trinajstić information content (AvgIpc) is 3.56. The fraction of sp³-hybridized carbons (Fsp3) is 0.524. The molecule has 7 heterocycles. The Kier molecular flexibility index (Phi) is 10.2. The Morgan fingerprint density at radius 1 is 0.967 bits per heavy atom. The van der Waals surface area contributed by atoms with Crippen LogP contribution in [-0.2, 0) is 16.1 Å². The van der Waals surface area contributed by atoms with Crippen LogP contribution in [0.4, 0.5) is 35.2 Å². The van der Waals surface area contributed by atoms with E-state index < -0.39 is 35.5 Å². The summed E-state index contributed by atoms with van der Waals surface area (Å²) in [6, 6.07) is 10.4. The van der Waals surface area contributed by atoms with Crippen LogP contribution in [0.1, 0.15) is 55.5 Å². The molecule has 0 radical (unpaired) electrons. The van der Waals surface area contributed by atoms with Gasteiger partial charge in [0.1, 0.15) is 11.6 Å². The van der Waals surface area contributed by atoms with E-state index in [1.54, 1.807) is 14.7 Å². The van der Waals surface area contributed by atoms with Crippen LogP contribution < -0.4 is 20.4 Å². The zero-order valence-corrected chi connectivity index (χ0v) is 33.6. The number of aromatic hydroxyl groups is 1. The highest BCUT2D eigenvalue weighted by Gasteiger charge is 2.54. The van der Waals surface area contributed by atoms with Crippen LogP contribution in [0.25, 0.3) is 11.3 Å². The van der Waals surface area contributed by atoms with Crippen molar-refractivity contribution in [1.29, 1.82) is 0 Å². The second kappa shape index (κ2) is 15.4. The highest BCUT2D eigenvalue weighted by Crippen LogP contribution is 2.43. The summed E-state index contributed by atoms with van der Waals surface area (Å²) in [7, 11) is 0. The molecular formula is C42H49F3N10O5. The predicted molar refractivity (Wildman–Crippen MR) is 215 cm³/mol. The number of aromatic nitrogens is 2. The summed E-state index contributed by atoms with van der Waals surface area (Å²) in [5, 5.41) is 24.0. The van der Waals surface area contributed by atoms with Crippen LogP contribution in [0.15, 0.2) is 42.5 Å². The lowest BCUT2D eigenvalue weighted by Crippen LogP contribution is -2.72. The molecule has 18 heteroatoms. The molecule has 1 unspecified atom stereocenters. The van der Waals surface area contributed by atoms with Crippen molar-refractivity contribution in [1.82, 2.24) is 35.1 Å². The molecule has 0 spiro atoms. The fourth-order valence-electron chi connectivity index (χ4n) is 10.4. The van der Waals surface area contributed by atoms with Crippen LogP contribution in [0, 0.1) is 11.7 Å². The van der Waals surface area contributed by atoms with Gasteiger partial charge in [0.15, 0.2) is 17.4 Å². The predicted octanol–water partition coefficient (Wildman–Crippen LogP) is 3.73. The minimum Gasteiger partial charge on any atom is -0.504 e. The number of urea groups is 1. The maximum absolute atomic E-state index is 15.3. The molecule has 6 aliphatic heterocycles. The van der Waals surface area contributed by atoms with E-state index in [9.17, 15) is 28.7 Å². The molecular weight excluding hydrogens is 782 g/mol. The van der Waals surface area contributed by atoms with Gasteiger partial charge in [0.25, 0.3) is 12.3 Å². The first kappa shape index (κ1) is 39.8.